The zero-order valence-electron chi connectivity index (χ0n) is 18.5. The Kier molecular flexibility index (Phi) is 5.80. The number of hydrogen-bond donors (Lipinski definition) is 2. The van der Waals surface area contributed by atoms with Crippen LogP contribution in [0.4, 0.5) is 10.2 Å². The Hall–Kier alpha value is -2.62. The molecule has 2 N–H and O–H groups in total. The topological polar surface area (TPSA) is 87.2 Å². The lowest BCUT2D eigenvalue weighted by atomic mass is 10.0. The van der Waals surface area contributed by atoms with Gasteiger partial charge in [0.2, 0.25) is 0 Å². The van der Waals surface area contributed by atoms with Crippen LogP contribution in [0.2, 0.25) is 5.02 Å². The average Bonchev–Trinajstić information content (AvgIpc) is 2.93. The van der Waals surface area contributed by atoms with Crippen molar-refractivity contribution in [2.24, 2.45) is 0 Å². The van der Waals surface area contributed by atoms with Crippen molar-refractivity contribution in [3.05, 3.63) is 34.6 Å². The average molecular weight is 477 g/mol. The van der Waals surface area contributed by atoms with E-state index >= 15 is 0 Å². The summed E-state index contributed by atoms with van der Waals surface area (Å²) in [6, 6.07) is 3.67. The number of carbonyl (C=O) groups is 1. The van der Waals surface area contributed by atoms with Gasteiger partial charge in [-0.05, 0) is 26.0 Å². The first-order valence-electron chi connectivity index (χ1n) is 11.1. The zero-order valence-corrected chi connectivity index (χ0v) is 19.2. The number of halogens is 2. The van der Waals surface area contributed by atoms with Gasteiger partial charge in [0.1, 0.15) is 40.3 Å². The molecule has 0 radical (unpaired) electrons. The molecule has 176 valence electrons. The number of ether oxygens (including phenoxy) is 2. The van der Waals surface area contributed by atoms with Crippen LogP contribution >= 0.6 is 11.6 Å². The first kappa shape index (κ1) is 22.2. The minimum Gasteiger partial charge on any atom is -0.507 e. The Morgan fingerprint density at radius 2 is 1.97 bits per heavy atom. The van der Waals surface area contributed by atoms with Crippen LogP contribution < -0.4 is 15.0 Å². The second-order valence-electron chi connectivity index (χ2n) is 8.75. The summed E-state index contributed by atoms with van der Waals surface area (Å²) in [7, 11) is 0. The highest BCUT2D eigenvalue weighted by molar-refractivity contribution is 6.35. The number of morpholine rings is 1. The van der Waals surface area contributed by atoms with Gasteiger partial charge in [-0.3, -0.25) is 4.79 Å². The van der Waals surface area contributed by atoms with E-state index in [4.69, 9.17) is 26.1 Å². The standard InChI is InChI=1S/C23H26ClFN4O4/c1-12-9-32-10-13(2)29(12)22-18-21(33-11-14-8-26-6-7-28(14)23(18)31)19(24)20(27-22)17-15(25)4-3-5-16(17)30/h3-5,12-14,26,30H,6-11H2,1-2H3/t12?,13?,14-/m1/s1. The van der Waals surface area contributed by atoms with Gasteiger partial charge in [-0.25, -0.2) is 9.37 Å². The molecule has 1 aromatic heterocycles. The van der Waals surface area contributed by atoms with Crippen LogP contribution in [0.1, 0.15) is 24.2 Å². The summed E-state index contributed by atoms with van der Waals surface area (Å²) in [5.74, 6) is -0.641. The third-order valence-electron chi connectivity index (χ3n) is 6.46. The number of nitrogens with zero attached hydrogens (tertiary/aromatic N) is 3. The molecule has 5 rings (SSSR count). The van der Waals surface area contributed by atoms with Gasteiger partial charge in [0.15, 0.2) is 5.75 Å². The predicted molar refractivity (Wildman–Crippen MR) is 122 cm³/mol. The molecule has 0 spiro atoms. The molecule has 0 aliphatic carbocycles. The highest BCUT2D eigenvalue weighted by atomic mass is 35.5. The molecule has 1 amide bonds. The fraction of sp³-hybridized carbons (Fsp3) is 0.478. The van der Waals surface area contributed by atoms with E-state index in [9.17, 15) is 14.3 Å². The van der Waals surface area contributed by atoms with E-state index in [-0.39, 0.29) is 64.0 Å². The molecule has 0 bridgehead atoms. The van der Waals surface area contributed by atoms with Gasteiger partial charge in [0.25, 0.3) is 5.91 Å². The number of nitrogens with one attached hydrogen (secondary N) is 1. The maximum atomic E-state index is 14.9. The summed E-state index contributed by atoms with van der Waals surface area (Å²) < 4.78 is 26.7. The summed E-state index contributed by atoms with van der Waals surface area (Å²) in [5, 5.41) is 13.7. The molecule has 2 fully saturated rings. The second kappa shape index (κ2) is 8.62. The lowest BCUT2D eigenvalue weighted by Gasteiger charge is -2.41. The van der Waals surface area contributed by atoms with Crippen molar-refractivity contribution in [3.63, 3.8) is 0 Å². The van der Waals surface area contributed by atoms with Crippen molar-refractivity contribution in [1.29, 1.82) is 0 Å². The fourth-order valence-electron chi connectivity index (χ4n) is 4.88. The molecule has 8 nitrogen and oxygen atoms in total. The number of carbonyl (C=O) groups excluding carboxylic acids is 1. The number of phenolic OH excluding ortho intramolecular Hbond substituents is 1. The molecule has 3 aliphatic heterocycles. The van der Waals surface area contributed by atoms with Crippen LogP contribution in [0.5, 0.6) is 11.5 Å². The van der Waals surface area contributed by atoms with Gasteiger partial charge < -0.3 is 29.7 Å². The fourth-order valence-corrected chi connectivity index (χ4v) is 5.17. The molecule has 10 heteroatoms. The quantitative estimate of drug-likeness (QED) is 0.689. The monoisotopic (exact) mass is 476 g/mol. The molecule has 0 saturated carbocycles. The van der Waals surface area contributed by atoms with Crippen LogP contribution in [0.15, 0.2) is 18.2 Å². The Labute approximate surface area is 196 Å². The first-order valence-corrected chi connectivity index (χ1v) is 11.5. The Bertz CT molecular complexity index is 1070. The highest BCUT2D eigenvalue weighted by Gasteiger charge is 2.40. The van der Waals surface area contributed by atoms with Crippen LogP contribution in [-0.4, -0.2) is 78.5 Å². The largest absolute Gasteiger partial charge is 0.507 e. The van der Waals surface area contributed by atoms with Crippen LogP contribution in [0.25, 0.3) is 11.3 Å². The lowest BCUT2D eigenvalue weighted by Crippen LogP contribution is -2.55. The number of hydrogen-bond acceptors (Lipinski definition) is 7. The minimum atomic E-state index is -0.667. The Morgan fingerprint density at radius 1 is 1.21 bits per heavy atom. The van der Waals surface area contributed by atoms with Crippen LogP contribution in [-0.2, 0) is 4.74 Å². The van der Waals surface area contributed by atoms with Crippen molar-refractivity contribution in [3.8, 4) is 22.8 Å². The number of pyridine rings is 1. The maximum absolute atomic E-state index is 14.9. The van der Waals surface area contributed by atoms with Crippen LogP contribution in [0.3, 0.4) is 0 Å². The number of phenols is 1. The van der Waals surface area contributed by atoms with Crippen molar-refractivity contribution in [2.45, 2.75) is 32.0 Å². The van der Waals surface area contributed by atoms with Gasteiger partial charge in [-0.1, -0.05) is 17.7 Å². The van der Waals surface area contributed by atoms with E-state index < -0.39 is 5.82 Å². The first-order chi connectivity index (χ1) is 15.9. The van der Waals surface area contributed by atoms with E-state index in [1.165, 1.54) is 18.2 Å². The number of aromatic hydroxyl groups is 1. The van der Waals surface area contributed by atoms with Crippen molar-refractivity contribution < 1.29 is 23.8 Å². The molecule has 2 aromatic rings. The molecule has 4 heterocycles. The summed E-state index contributed by atoms with van der Waals surface area (Å²) in [6.07, 6.45) is 0. The van der Waals surface area contributed by atoms with Crippen LogP contribution in [0, 0.1) is 5.82 Å². The van der Waals surface area contributed by atoms with Crippen molar-refractivity contribution in [2.75, 3.05) is 44.4 Å². The predicted octanol–water partition coefficient (Wildman–Crippen LogP) is 2.67. The summed E-state index contributed by atoms with van der Waals surface area (Å²) >= 11 is 6.73. The number of rotatable bonds is 2. The van der Waals surface area contributed by atoms with Gasteiger partial charge in [-0.2, -0.15) is 0 Å². The van der Waals surface area contributed by atoms with Crippen molar-refractivity contribution >= 4 is 23.3 Å². The zero-order chi connectivity index (χ0) is 23.3. The number of anilines is 1. The smallest absolute Gasteiger partial charge is 0.261 e. The number of piperazine rings is 1. The minimum absolute atomic E-state index is 0.00358. The molecular formula is C23H26ClFN4O4. The van der Waals surface area contributed by atoms with E-state index in [0.29, 0.717) is 38.7 Å². The summed E-state index contributed by atoms with van der Waals surface area (Å²) in [5.41, 5.74) is 0.182. The summed E-state index contributed by atoms with van der Waals surface area (Å²) in [4.78, 5) is 22.3. The highest BCUT2D eigenvalue weighted by Crippen LogP contribution is 2.46. The number of benzene rings is 1. The third-order valence-corrected chi connectivity index (χ3v) is 6.81. The molecule has 2 saturated heterocycles. The molecule has 3 aliphatic rings. The Balaban J connectivity index is 1.77. The van der Waals surface area contributed by atoms with Gasteiger partial charge >= 0.3 is 0 Å². The molecule has 3 atom stereocenters. The molecule has 33 heavy (non-hydrogen) atoms. The van der Waals surface area contributed by atoms with E-state index in [1.807, 2.05) is 18.7 Å². The maximum Gasteiger partial charge on any atom is 0.261 e. The molecular weight excluding hydrogens is 451 g/mol. The van der Waals surface area contributed by atoms with E-state index in [1.54, 1.807) is 4.90 Å². The van der Waals surface area contributed by atoms with Gasteiger partial charge in [0, 0.05) is 19.6 Å². The van der Waals surface area contributed by atoms with Gasteiger partial charge in [0.05, 0.1) is 36.9 Å². The number of fused-ring (bicyclic) bond motifs is 2. The van der Waals surface area contributed by atoms with Gasteiger partial charge in [-0.15, -0.1) is 0 Å². The SMILES string of the molecule is CC1COCC(C)N1c1nc(-c2c(O)cccc2F)c(Cl)c2c1C(=O)N1CCNC[C@@H]1CO2. The lowest BCUT2D eigenvalue weighted by molar-refractivity contribution is 0.0602. The normalized spacial score (nSPS) is 25.2. The van der Waals surface area contributed by atoms with E-state index in [0.717, 1.165) is 0 Å². The Morgan fingerprint density at radius 3 is 2.70 bits per heavy atom. The van der Waals surface area contributed by atoms with E-state index in [2.05, 4.69) is 5.32 Å². The molecule has 2 unspecified atom stereocenters. The second-order valence-corrected chi connectivity index (χ2v) is 9.12. The van der Waals surface area contributed by atoms with Crippen molar-refractivity contribution in [1.82, 2.24) is 15.2 Å². The summed E-state index contributed by atoms with van der Waals surface area (Å²) in [6.45, 7) is 6.93. The molecule has 1 aromatic carbocycles. The number of aromatic nitrogens is 1. The number of amides is 1. The third kappa shape index (κ3) is 3.68.